The Kier molecular flexibility index (Phi) is 5.82. The van der Waals surface area contributed by atoms with Gasteiger partial charge in [0.25, 0.3) is 0 Å². The number of ether oxygens (including phenoxy) is 1. The van der Waals surface area contributed by atoms with Crippen molar-refractivity contribution in [2.75, 3.05) is 33.4 Å². The highest BCUT2D eigenvalue weighted by Crippen LogP contribution is 2.23. The van der Waals surface area contributed by atoms with Crippen LogP contribution in [0.4, 0.5) is 18.0 Å². The van der Waals surface area contributed by atoms with Gasteiger partial charge in [0, 0.05) is 13.6 Å². The number of hydrogen-bond acceptors (Lipinski definition) is 3. The molecule has 1 aliphatic heterocycles. The van der Waals surface area contributed by atoms with Crippen molar-refractivity contribution in [2.24, 2.45) is 5.92 Å². The van der Waals surface area contributed by atoms with E-state index in [4.69, 9.17) is 9.84 Å². The average molecular weight is 312 g/mol. The van der Waals surface area contributed by atoms with Crippen LogP contribution in [0.2, 0.25) is 0 Å². The Bertz CT molecular complexity index is 389. The highest BCUT2D eigenvalue weighted by atomic mass is 19.4. The summed E-state index contributed by atoms with van der Waals surface area (Å²) in [7, 11) is 1.05. The summed E-state index contributed by atoms with van der Waals surface area (Å²) in [5.41, 5.74) is 0. The smallest absolute Gasteiger partial charge is 0.406 e. The van der Waals surface area contributed by atoms with Gasteiger partial charge in [0.2, 0.25) is 0 Å². The van der Waals surface area contributed by atoms with Crippen LogP contribution >= 0.6 is 0 Å². The van der Waals surface area contributed by atoms with E-state index in [2.05, 4.69) is 0 Å². The molecule has 0 saturated carbocycles. The van der Waals surface area contributed by atoms with Crippen LogP contribution in [0.3, 0.4) is 0 Å². The topological polar surface area (TPSA) is 70.1 Å². The fourth-order valence-electron chi connectivity index (χ4n) is 2.29. The lowest BCUT2D eigenvalue weighted by molar-refractivity contribution is -0.144. The van der Waals surface area contributed by atoms with Crippen molar-refractivity contribution in [1.82, 2.24) is 9.80 Å². The van der Waals surface area contributed by atoms with Crippen LogP contribution in [0.5, 0.6) is 0 Å². The Morgan fingerprint density at radius 2 is 1.95 bits per heavy atom. The largest absolute Gasteiger partial charge is 0.481 e. The number of alkyl halides is 3. The standard InChI is InChI=1S/C12H19F3N2O4/c1-3-4-17(9-6-21-5-8(9)10(18)19)11(20)16(2)7-12(13,14)15/h8-9H,3-7H2,1-2H3,(H,18,19). The zero-order chi connectivity index (χ0) is 16.2. The van der Waals surface area contributed by atoms with Gasteiger partial charge in [-0.15, -0.1) is 0 Å². The van der Waals surface area contributed by atoms with Gasteiger partial charge < -0.3 is 19.6 Å². The van der Waals surface area contributed by atoms with Gasteiger partial charge >= 0.3 is 18.2 Å². The van der Waals surface area contributed by atoms with Crippen molar-refractivity contribution in [1.29, 1.82) is 0 Å². The van der Waals surface area contributed by atoms with Crippen molar-refractivity contribution in [3.05, 3.63) is 0 Å². The molecule has 0 radical (unpaired) electrons. The first-order chi connectivity index (χ1) is 9.67. The number of urea groups is 1. The van der Waals surface area contributed by atoms with Crippen LogP contribution < -0.4 is 0 Å². The molecule has 2 amide bonds. The predicted octanol–water partition coefficient (Wildman–Crippen LogP) is 1.41. The highest BCUT2D eigenvalue weighted by Gasteiger charge is 2.41. The number of nitrogens with zero attached hydrogens (tertiary/aromatic N) is 2. The molecule has 6 nitrogen and oxygen atoms in total. The zero-order valence-corrected chi connectivity index (χ0v) is 11.9. The average Bonchev–Trinajstić information content (AvgIpc) is 2.82. The molecule has 122 valence electrons. The monoisotopic (exact) mass is 312 g/mol. The van der Waals surface area contributed by atoms with E-state index in [1.54, 1.807) is 6.92 Å². The number of carboxylic acids is 1. The summed E-state index contributed by atoms with van der Waals surface area (Å²) in [5, 5.41) is 9.10. The summed E-state index contributed by atoms with van der Waals surface area (Å²) in [5.74, 6) is -2.04. The SMILES string of the molecule is CCCN(C(=O)N(C)CC(F)(F)F)C1COCC1C(=O)O. The molecule has 0 aromatic rings. The van der Waals surface area contributed by atoms with Crippen molar-refractivity contribution >= 4 is 12.0 Å². The maximum atomic E-state index is 12.4. The first-order valence-corrected chi connectivity index (χ1v) is 6.56. The third-order valence-electron chi connectivity index (χ3n) is 3.22. The molecule has 1 fully saturated rings. The van der Waals surface area contributed by atoms with Crippen molar-refractivity contribution < 1.29 is 32.6 Å². The number of amides is 2. The number of rotatable bonds is 5. The summed E-state index contributed by atoms with van der Waals surface area (Å²) in [4.78, 5) is 25.0. The number of carbonyl (C=O) groups excluding carboxylic acids is 1. The van der Waals surface area contributed by atoms with E-state index in [0.29, 0.717) is 11.3 Å². The van der Waals surface area contributed by atoms with Crippen LogP contribution in [-0.2, 0) is 9.53 Å². The molecular formula is C12H19F3N2O4. The minimum atomic E-state index is -4.50. The normalized spacial score (nSPS) is 22.1. The molecule has 9 heteroatoms. The molecule has 1 saturated heterocycles. The molecule has 1 aliphatic rings. The van der Waals surface area contributed by atoms with E-state index in [1.165, 1.54) is 0 Å². The molecular weight excluding hydrogens is 293 g/mol. The summed E-state index contributed by atoms with van der Waals surface area (Å²) in [6.45, 7) is 0.533. The molecule has 0 aromatic heterocycles. The third-order valence-corrected chi connectivity index (χ3v) is 3.22. The lowest BCUT2D eigenvalue weighted by Gasteiger charge is -2.34. The van der Waals surface area contributed by atoms with Gasteiger partial charge in [0.15, 0.2) is 0 Å². The maximum Gasteiger partial charge on any atom is 0.406 e. The number of carbonyl (C=O) groups is 2. The van der Waals surface area contributed by atoms with E-state index in [1.807, 2.05) is 0 Å². The maximum absolute atomic E-state index is 12.4. The second kappa shape index (κ2) is 6.97. The van der Waals surface area contributed by atoms with Gasteiger partial charge in [-0.2, -0.15) is 13.2 Å². The van der Waals surface area contributed by atoms with Crippen LogP contribution in [0.15, 0.2) is 0 Å². The van der Waals surface area contributed by atoms with Gasteiger partial charge in [0.1, 0.15) is 12.5 Å². The molecule has 0 spiro atoms. The van der Waals surface area contributed by atoms with Crippen LogP contribution in [-0.4, -0.2) is 72.5 Å². The molecule has 0 aromatic carbocycles. The minimum Gasteiger partial charge on any atom is -0.481 e. The lowest BCUT2D eigenvalue weighted by Crippen LogP contribution is -2.52. The Hall–Kier alpha value is -1.51. The van der Waals surface area contributed by atoms with E-state index < -0.39 is 36.7 Å². The lowest BCUT2D eigenvalue weighted by atomic mass is 10.0. The van der Waals surface area contributed by atoms with E-state index >= 15 is 0 Å². The number of carboxylic acid groups (broad SMARTS) is 1. The van der Waals surface area contributed by atoms with Gasteiger partial charge in [-0.3, -0.25) is 4.79 Å². The number of hydrogen-bond donors (Lipinski definition) is 1. The third kappa shape index (κ3) is 4.76. The zero-order valence-electron chi connectivity index (χ0n) is 11.9. The first kappa shape index (κ1) is 17.5. The van der Waals surface area contributed by atoms with Crippen LogP contribution in [0, 0.1) is 5.92 Å². The number of aliphatic carboxylic acids is 1. The van der Waals surface area contributed by atoms with Gasteiger partial charge in [0.05, 0.1) is 19.3 Å². The molecule has 0 aliphatic carbocycles. The number of halogens is 3. The second-order valence-corrected chi connectivity index (χ2v) is 5.00. The predicted molar refractivity (Wildman–Crippen MR) is 66.8 cm³/mol. The Morgan fingerprint density at radius 1 is 1.33 bits per heavy atom. The van der Waals surface area contributed by atoms with E-state index in [9.17, 15) is 22.8 Å². The quantitative estimate of drug-likeness (QED) is 0.833. The molecule has 1 heterocycles. The first-order valence-electron chi connectivity index (χ1n) is 6.56. The summed E-state index contributed by atoms with van der Waals surface area (Å²) in [6.07, 6.45) is -3.99. The van der Waals surface area contributed by atoms with Crippen molar-refractivity contribution in [3.8, 4) is 0 Å². The van der Waals surface area contributed by atoms with E-state index in [0.717, 1.165) is 11.9 Å². The summed E-state index contributed by atoms with van der Waals surface area (Å²) < 4.78 is 42.2. The Labute approximate surface area is 120 Å². The fourth-order valence-corrected chi connectivity index (χ4v) is 2.29. The van der Waals surface area contributed by atoms with Gasteiger partial charge in [-0.1, -0.05) is 6.92 Å². The molecule has 2 atom stereocenters. The van der Waals surface area contributed by atoms with Crippen molar-refractivity contribution in [2.45, 2.75) is 25.6 Å². The van der Waals surface area contributed by atoms with Crippen LogP contribution in [0.1, 0.15) is 13.3 Å². The Balaban J connectivity index is 2.85. The fraction of sp³-hybridized carbons (Fsp3) is 0.833. The summed E-state index contributed by atoms with van der Waals surface area (Å²) in [6, 6.07) is -1.58. The molecule has 21 heavy (non-hydrogen) atoms. The summed E-state index contributed by atoms with van der Waals surface area (Å²) >= 11 is 0. The van der Waals surface area contributed by atoms with Gasteiger partial charge in [-0.25, -0.2) is 4.79 Å². The minimum absolute atomic E-state index is 0.0164. The van der Waals surface area contributed by atoms with Gasteiger partial charge in [-0.05, 0) is 6.42 Å². The molecule has 1 rings (SSSR count). The van der Waals surface area contributed by atoms with Crippen molar-refractivity contribution in [3.63, 3.8) is 0 Å². The molecule has 0 bridgehead atoms. The molecule has 2 unspecified atom stereocenters. The molecule has 1 N–H and O–H groups in total. The Morgan fingerprint density at radius 3 is 2.43 bits per heavy atom. The van der Waals surface area contributed by atoms with Crippen LogP contribution in [0.25, 0.3) is 0 Å². The second-order valence-electron chi connectivity index (χ2n) is 5.00. The highest BCUT2D eigenvalue weighted by molar-refractivity contribution is 5.77. The van der Waals surface area contributed by atoms with E-state index in [-0.39, 0.29) is 19.8 Å².